The third-order valence-electron chi connectivity index (χ3n) is 3.44. The lowest BCUT2D eigenvalue weighted by molar-refractivity contribution is -0.128. The predicted octanol–water partition coefficient (Wildman–Crippen LogP) is 2.39. The minimum absolute atomic E-state index is 0.0713. The fraction of sp³-hybridized carbons (Fsp3) is 0.235. The molecule has 0 radical (unpaired) electrons. The summed E-state index contributed by atoms with van der Waals surface area (Å²) >= 11 is 3.11. The Kier molecular flexibility index (Phi) is 6.35. The fourth-order valence-electron chi connectivity index (χ4n) is 2.03. The Bertz CT molecular complexity index is 788. The van der Waals surface area contributed by atoms with Crippen LogP contribution < -0.4 is 10.6 Å². The number of rotatable bonds is 6. The van der Waals surface area contributed by atoms with Gasteiger partial charge in [-0.15, -0.1) is 0 Å². The molecule has 0 saturated heterocycles. The number of carbonyl (C=O) groups excluding carboxylic acids is 3. The highest BCUT2D eigenvalue weighted by atomic mass is 79.9. The number of nitrogens with zero attached hydrogens (tertiary/aromatic N) is 1. The molecule has 2 rings (SSSR count). The largest absolute Gasteiger partial charge is 0.444 e. The summed E-state index contributed by atoms with van der Waals surface area (Å²) in [5.41, 5.74) is 1.39. The summed E-state index contributed by atoms with van der Waals surface area (Å²) < 4.78 is 5.55. The molecule has 0 aliphatic heterocycles. The van der Waals surface area contributed by atoms with Crippen LogP contribution in [0.4, 0.5) is 5.69 Å². The summed E-state index contributed by atoms with van der Waals surface area (Å²) in [6, 6.07) is 10.3. The molecule has 1 aromatic carbocycles. The topological polar surface area (TPSA) is 91.7 Å². The van der Waals surface area contributed by atoms with Gasteiger partial charge in [-0.25, -0.2) is 0 Å². The van der Waals surface area contributed by atoms with Gasteiger partial charge in [-0.2, -0.15) is 0 Å². The van der Waals surface area contributed by atoms with Crippen molar-refractivity contribution in [1.29, 1.82) is 0 Å². The number of nitrogens with one attached hydrogen (secondary N) is 2. The van der Waals surface area contributed by atoms with E-state index in [1.165, 1.54) is 13.0 Å². The van der Waals surface area contributed by atoms with E-state index < -0.39 is 5.91 Å². The highest BCUT2D eigenvalue weighted by Gasteiger charge is 2.13. The SMILES string of the molecule is CC(=O)N(C)Cc1ccccc1NC(=O)CNC(=O)c1ccc(Br)o1. The highest BCUT2D eigenvalue weighted by Crippen LogP contribution is 2.17. The van der Waals surface area contributed by atoms with Gasteiger partial charge in [0.2, 0.25) is 11.8 Å². The summed E-state index contributed by atoms with van der Waals surface area (Å²) in [5, 5.41) is 5.22. The second-order valence-corrected chi connectivity index (χ2v) is 6.15. The van der Waals surface area contributed by atoms with E-state index >= 15 is 0 Å². The number of halogens is 1. The maximum absolute atomic E-state index is 12.1. The van der Waals surface area contributed by atoms with Crippen molar-refractivity contribution >= 4 is 39.3 Å². The van der Waals surface area contributed by atoms with Crippen LogP contribution in [0.3, 0.4) is 0 Å². The van der Waals surface area contributed by atoms with Crippen LogP contribution in [0, 0.1) is 0 Å². The second-order valence-electron chi connectivity index (χ2n) is 5.37. The van der Waals surface area contributed by atoms with E-state index in [1.54, 1.807) is 30.1 Å². The average molecular weight is 408 g/mol. The maximum atomic E-state index is 12.1. The van der Waals surface area contributed by atoms with Crippen LogP contribution in [0.2, 0.25) is 0 Å². The number of benzene rings is 1. The molecule has 1 aromatic heterocycles. The Labute approximate surface area is 153 Å². The quantitative estimate of drug-likeness (QED) is 0.768. The van der Waals surface area contributed by atoms with Crippen LogP contribution in [0.5, 0.6) is 0 Å². The molecular weight excluding hydrogens is 390 g/mol. The minimum atomic E-state index is -0.481. The van der Waals surface area contributed by atoms with Crippen molar-refractivity contribution in [2.75, 3.05) is 18.9 Å². The van der Waals surface area contributed by atoms with Crippen LogP contribution in [-0.4, -0.2) is 36.2 Å². The van der Waals surface area contributed by atoms with E-state index in [9.17, 15) is 14.4 Å². The molecule has 0 atom stereocenters. The van der Waals surface area contributed by atoms with Crippen LogP contribution in [0.25, 0.3) is 0 Å². The Morgan fingerprint density at radius 3 is 2.52 bits per heavy atom. The summed E-state index contributed by atoms with van der Waals surface area (Å²) in [6.45, 7) is 1.65. The Balaban J connectivity index is 1.94. The average Bonchev–Trinajstić information content (AvgIpc) is 3.01. The number of hydrogen-bond acceptors (Lipinski definition) is 4. The van der Waals surface area contributed by atoms with Crippen LogP contribution in [0.1, 0.15) is 23.0 Å². The van der Waals surface area contributed by atoms with Gasteiger partial charge < -0.3 is 20.0 Å². The van der Waals surface area contributed by atoms with Crippen LogP contribution >= 0.6 is 15.9 Å². The predicted molar refractivity (Wildman–Crippen MR) is 96.0 cm³/mol. The standard InChI is InChI=1S/C17H18BrN3O4/c1-11(22)21(2)10-12-5-3-4-6-13(12)20-16(23)9-19-17(24)14-7-8-15(18)25-14/h3-8H,9-10H2,1-2H3,(H,19,24)(H,20,23). The van der Waals surface area contributed by atoms with Crippen molar-refractivity contribution in [2.45, 2.75) is 13.5 Å². The molecule has 1 heterocycles. The first-order chi connectivity index (χ1) is 11.9. The summed E-state index contributed by atoms with van der Waals surface area (Å²) in [4.78, 5) is 36.8. The molecule has 132 valence electrons. The first kappa shape index (κ1) is 18.7. The van der Waals surface area contributed by atoms with E-state index in [-0.39, 0.29) is 24.1 Å². The van der Waals surface area contributed by atoms with Gasteiger partial charge >= 0.3 is 0 Å². The molecule has 2 aromatic rings. The van der Waals surface area contributed by atoms with Gasteiger partial charge in [0.1, 0.15) is 0 Å². The molecule has 3 amide bonds. The van der Waals surface area contributed by atoms with E-state index in [0.717, 1.165) is 5.56 Å². The van der Waals surface area contributed by atoms with Crippen molar-refractivity contribution in [2.24, 2.45) is 0 Å². The zero-order valence-corrected chi connectivity index (χ0v) is 15.4. The molecule has 0 unspecified atom stereocenters. The lowest BCUT2D eigenvalue weighted by atomic mass is 10.1. The molecule has 7 nitrogen and oxygen atoms in total. The number of amides is 3. The molecule has 0 fully saturated rings. The Hall–Kier alpha value is -2.61. The molecule has 0 spiro atoms. The molecule has 2 N–H and O–H groups in total. The van der Waals surface area contributed by atoms with E-state index in [1.807, 2.05) is 12.1 Å². The second kappa shape index (κ2) is 8.48. The van der Waals surface area contributed by atoms with Crippen molar-refractivity contribution in [3.8, 4) is 0 Å². The normalized spacial score (nSPS) is 10.2. The van der Waals surface area contributed by atoms with Gasteiger partial charge in [-0.1, -0.05) is 18.2 Å². The number of anilines is 1. The zero-order chi connectivity index (χ0) is 18.4. The summed E-state index contributed by atoms with van der Waals surface area (Å²) in [7, 11) is 1.68. The first-order valence-corrected chi connectivity index (χ1v) is 8.29. The number of hydrogen-bond donors (Lipinski definition) is 2. The van der Waals surface area contributed by atoms with Crippen LogP contribution in [-0.2, 0) is 16.1 Å². The van der Waals surface area contributed by atoms with Crippen molar-refractivity contribution in [3.05, 3.63) is 52.4 Å². The van der Waals surface area contributed by atoms with Crippen molar-refractivity contribution in [1.82, 2.24) is 10.2 Å². The lowest BCUT2D eigenvalue weighted by Crippen LogP contribution is -2.33. The molecular formula is C17H18BrN3O4. The Morgan fingerprint density at radius 2 is 1.88 bits per heavy atom. The van der Waals surface area contributed by atoms with Gasteiger partial charge in [0.25, 0.3) is 5.91 Å². The first-order valence-electron chi connectivity index (χ1n) is 7.50. The number of furan rings is 1. The van der Waals surface area contributed by atoms with Gasteiger partial charge in [-0.05, 0) is 39.7 Å². The minimum Gasteiger partial charge on any atom is -0.444 e. The molecule has 0 saturated carbocycles. The summed E-state index contributed by atoms with van der Waals surface area (Å²) in [6.07, 6.45) is 0. The van der Waals surface area contributed by atoms with E-state index in [0.29, 0.717) is 16.9 Å². The third-order valence-corrected chi connectivity index (χ3v) is 3.87. The van der Waals surface area contributed by atoms with Gasteiger partial charge in [0.15, 0.2) is 10.4 Å². The molecule has 0 aliphatic rings. The van der Waals surface area contributed by atoms with Gasteiger partial charge in [0, 0.05) is 26.2 Å². The van der Waals surface area contributed by atoms with Crippen molar-refractivity contribution in [3.63, 3.8) is 0 Å². The Morgan fingerprint density at radius 1 is 1.16 bits per heavy atom. The molecule has 25 heavy (non-hydrogen) atoms. The summed E-state index contributed by atoms with van der Waals surface area (Å²) in [5.74, 6) is -0.816. The smallest absolute Gasteiger partial charge is 0.287 e. The molecule has 0 aliphatic carbocycles. The number of para-hydroxylation sites is 1. The van der Waals surface area contributed by atoms with Crippen LogP contribution in [0.15, 0.2) is 45.5 Å². The number of carbonyl (C=O) groups is 3. The van der Waals surface area contributed by atoms with Crippen molar-refractivity contribution < 1.29 is 18.8 Å². The lowest BCUT2D eigenvalue weighted by Gasteiger charge is -2.18. The van der Waals surface area contributed by atoms with E-state index in [2.05, 4.69) is 26.6 Å². The molecule has 0 bridgehead atoms. The third kappa shape index (κ3) is 5.46. The molecule has 8 heteroatoms. The monoisotopic (exact) mass is 407 g/mol. The van der Waals surface area contributed by atoms with Gasteiger partial charge in [0.05, 0.1) is 6.54 Å². The maximum Gasteiger partial charge on any atom is 0.287 e. The highest BCUT2D eigenvalue weighted by molar-refractivity contribution is 9.10. The van der Waals surface area contributed by atoms with Gasteiger partial charge in [-0.3, -0.25) is 14.4 Å². The zero-order valence-electron chi connectivity index (χ0n) is 13.8. The fourth-order valence-corrected chi connectivity index (χ4v) is 2.33. The van der Waals surface area contributed by atoms with E-state index in [4.69, 9.17) is 4.42 Å².